The second-order valence-corrected chi connectivity index (χ2v) is 10.5. The van der Waals surface area contributed by atoms with Crippen molar-refractivity contribution in [1.82, 2.24) is 40.3 Å². The molecule has 1 unspecified atom stereocenters. The van der Waals surface area contributed by atoms with Crippen molar-refractivity contribution in [3.8, 4) is 33.6 Å². The molecule has 10 heteroatoms. The van der Waals surface area contributed by atoms with Crippen LogP contribution in [0.1, 0.15) is 24.1 Å². The number of benzene rings is 1. The summed E-state index contributed by atoms with van der Waals surface area (Å²) >= 11 is 0. The smallest absolute Gasteiger partial charge is 0.155 e. The van der Waals surface area contributed by atoms with Crippen LogP contribution in [0.2, 0.25) is 0 Å². The monoisotopic (exact) mass is 549 g/mol. The summed E-state index contributed by atoms with van der Waals surface area (Å²) in [7, 11) is 3.89. The fourth-order valence-electron chi connectivity index (χ4n) is 5.17. The molecule has 0 aliphatic heterocycles. The highest BCUT2D eigenvalue weighted by Gasteiger charge is 2.17. The molecule has 0 aliphatic carbocycles. The molecule has 9 nitrogen and oxygen atoms in total. The van der Waals surface area contributed by atoms with Gasteiger partial charge in [0.2, 0.25) is 0 Å². The quantitative estimate of drug-likeness (QED) is 0.199. The van der Waals surface area contributed by atoms with Crippen LogP contribution in [0.15, 0.2) is 67.4 Å². The third-order valence-corrected chi connectivity index (χ3v) is 7.15. The van der Waals surface area contributed by atoms with E-state index in [-0.39, 0.29) is 11.9 Å². The van der Waals surface area contributed by atoms with Crippen molar-refractivity contribution >= 4 is 21.9 Å². The van der Waals surface area contributed by atoms with Crippen molar-refractivity contribution in [1.29, 1.82) is 0 Å². The van der Waals surface area contributed by atoms with Gasteiger partial charge in [-0.2, -0.15) is 5.10 Å². The number of fused-ring (bicyclic) bond motifs is 2. The van der Waals surface area contributed by atoms with E-state index >= 15 is 0 Å². The van der Waals surface area contributed by atoms with Gasteiger partial charge in [0.05, 0.1) is 17.4 Å². The largest absolute Gasteiger partial charge is 0.352 e. The molecule has 0 saturated heterocycles. The minimum atomic E-state index is -0.333. The van der Waals surface area contributed by atoms with Crippen molar-refractivity contribution < 1.29 is 4.39 Å². The Bertz CT molecular complexity index is 1840. The number of H-pyrrole nitrogens is 2. The van der Waals surface area contributed by atoms with Gasteiger partial charge in [-0.15, -0.1) is 0 Å². The van der Waals surface area contributed by atoms with Gasteiger partial charge in [-0.1, -0.05) is 6.92 Å². The molecule has 0 radical (unpaired) electrons. The molecule has 0 aliphatic rings. The maximum Gasteiger partial charge on any atom is 0.155 e. The average molecular weight is 550 g/mol. The van der Waals surface area contributed by atoms with E-state index in [0.29, 0.717) is 12.2 Å². The van der Waals surface area contributed by atoms with Crippen molar-refractivity contribution in [3.63, 3.8) is 0 Å². The van der Waals surface area contributed by atoms with Gasteiger partial charge < -0.3 is 20.9 Å². The maximum atomic E-state index is 14.8. The molecule has 41 heavy (non-hydrogen) atoms. The second-order valence-electron chi connectivity index (χ2n) is 10.5. The van der Waals surface area contributed by atoms with E-state index in [4.69, 9.17) is 5.73 Å². The van der Waals surface area contributed by atoms with Crippen LogP contribution < -0.4 is 11.1 Å². The summed E-state index contributed by atoms with van der Waals surface area (Å²) in [5.74, 6) is -0.333. The van der Waals surface area contributed by atoms with Crippen molar-refractivity contribution in [2.24, 2.45) is 5.73 Å². The Morgan fingerprint density at radius 1 is 0.927 bits per heavy atom. The minimum Gasteiger partial charge on any atom is -0.352 e. The number of aromatic amines is 2. The predicted molar refractivity (Wildman–Crippen MR) is 160 cm³/mol. The Labute approximate surface area is 237 Å². The van der Waals surface area contributed by atoms with E-state index in [9.17, 15) is 4.39 Å². The predicted octanol–water partition coefficient (Wildman–Crippen LogP) is 5.04. The van der Waals surface area contributed by atoms with Gasteiger partial charge in [-0.3, -0.25) is 15.1 Å². The van der Waals surface area contributed by atoms with Gasteiger partial charge >= 0.3 is 0 Å². The molecule has 5 aromatic heterocycles. The first-order valence-corrected chi connectivity index (χ1v) is 13.6. The van der Waals surface area contributed by atoms with Crippen LogP contribution in [0, 0.1) is 5.82 Å². The molecule has 1 aromatic carbocycles. The Hall–Kier alpha value is -4.51. The van der Waals surface area contributed by atoms with E-state index in [1.807, 2.05) is 49.7 Å². The number of aromatic nitrogens is 6. The number of pyridine rings is 3. The zero-order valence-corrected chi connectivity index (χ0v) is 23.2. The lowest BCUT2D eigenvalue weighted by Gasteiger charge is -2.18. The molecule has 1 atom stereocenters. The topological polar surface area (TPSA) is 124 Å². The maximum absolute atomic E-state index is 14.8. The molecule has 0 amide bonds. The van der Waals surface area contributed by atoms with Crippen molar-refractivity contribution in [3.05, 3.63) is 84.3 Å². The number of likely N-dealkylation sites (N-methyl/N-ethyl adjacent to an activating group) is 1. The number of hydrogen-bond donors (Lipinski definition) is 4. The average Bonchev–Trinajstić information content (AvgIpc) is 3.59. The zero-order chi connectivity index (χ0) is 28.5. The third kappa shape index (κ3) is 5.45. The molecular weight excluding hydrogens is 517 g/mol. The Morgan fingerprint density at radius 3 is 2.59 bits per heavy atom. The summed E-state index contributed by atoms with van der Waals surface area (Å²) in [5.41, 5.74) is 14.7. The van der Waals surface area contributed by atoms with Crippen molar-refractivity contribution in [2.75, 3.05) is 27.2 Å². The van der Waals surface area contributed by atoms with Gasteiger partial charge in [-0.25, -0.2) is 9.37 Å². The number of halogens is 1. The van der Waals surface area contributed by atoms with Crippen LogP contribution >= 0.6 is 0 Å². The second kappa shape index (κ2) is 11.2. The first-order chi connectivity index (χ1) is 19.9. The molecule has 208 valence electrons. The van der Waals surface area contributed by atoms with Crippen LogP contribution in [-0.2, 0) is 6.54 Å². The summed E-state index contributed by atoms with van der Waals surface area (Å²) in [5, 5.41) is 12.8. The lowest BCUT2D eigenvalue weighted by atomic mass is 9.98. The van der Waals surface area contributed by atoms with Gasteiger partial charge in [0.25, 0.3) is 0 Å². The molecule has 0 fully saturated rings. The lowest BCUT2D eigenvalue weighted by Crippen LogP contribution is -2.26. The first-order valence-electron chi connectivity index (χ1n) is 13.6. The molecule has 5 N–H and O–H groups in total. The van der Waals surface area contributed by atoms with Gasteiger partial charge in [-0.05, 0) is 73.7 Å². The van der Waals surface area contributed by atoms with Crippen LogP contribution in [0.25, 0.3) is 55.6 Å². The highest BCUT2D eigenvalue weighted by molar-refractivity contribution is 6.00. The SMILES string of the molecule is CCNCc1cncc(-c2cnc3[nH]nc(-c4cc5c(-c6cc(F)cc(C(N)CN(C)C)c6)cncc5[nH]4)c3c2)c1. The summed E-state index contributed by atoms with van der Waals surface area (Å²) in [4.78, 5) is 18.9. The van der Waals surface area contributed by atoms with Crippen LogP contribution in [-0.4, -0.2) is 62.2 Å². The lowest BCUT2D eigenvalue weighted by molar-refractivity contribution is 0.376. The summed E-state index contributed by atoms with van der Waals surface area (Å²) in [6.07, 6.45) is 9.06. The molecule has 0 saturated carbocycles. The molecule has 6 aromatic rings. The van der Waals surface area contributed by atoms with Gasteiger partial charge in [0, 0.05) is 71.4 Å². The van der Waals surface area contributed by atoms with Crippen LogP contribution in [0.5, 0.6) is 0 Å². The summed E-state index contributed by atoms with van der Waals surface area (Å²) in [6, 6.07) is 10.9. The standard InChI is InChI=1S/C31H32FN9/c1-4-34-11-18-5-21(13-35-12-18)22-9-25-30(39-40-31(25)37-14-22)28-10-24-26(15-36-16-29(24)38-28)19-6-20(8-23(32)7-19)27(33)17-41(2)3/h5-10,12-16,27,34,38H,4,11,17,33H2,1-3H3,(H,37,39,40). The van der Waals surface area contributed by atoms with E-state index in [1.54, 1.807) is 12.4 Å². The minimum absolute atomic E-state index is 0.315. The van der Waals surface area contributed by atoms with E-state index in [2.05, 4.69) is 54.5 Å². The van der Waals surface area contributed by atoms with E-state index < -0.39 is 0 Å². The fraction of sp³-hybridized carbons (Fsp3) is 0.226. The van der Waals surface area contributed by atoms with E-state index in [0.717, 1.165) is 74.1 Å². The summed E-state index contributed by atoms with van der Waals surface area (Å²) < 4.78 is 14.8. The highest BCUT2D eigenvalue weighted by atomic mass is 19.1. The van der Waals surface area contributed by atoms with Crippen molar-refractivity contribution in [2.45, 2.75) is 19.5 Å². The van der Waals surface area contributed by atoms with Gasteiger partial charge in [0.1, 0.15) is 11.5 Å². The number of hydrogen-bond acceptors (Lipinski definition) is 7. The summed E-state index contributed by atoms with van der Waals surface area (Å²) in [6.45, 7) is 4.33. The molecule has 5 heterocycles. The highest BCUT2D eigenvalue weighted by Crippen LogP contribution is 2.35. The third-order valence-electron chi connectivity index (χ3n) is 7.15. The fourth-order valence-corrected chi connectivity index (χ4v) is 5.17. The first kappa shape index (κ1) is 26.7. The van der Waals surface area contributed by atoms with Gasteiger partial charge in [0.15, 0.2) is 5.65 Å². The number of rotatable bonds is 9. The molecule has 6 rings (SSSR count). The number of nitrogens with one attached hydrogen (secondary N) is 3. The number of nitrogens with two attached hydrogens (primary N) is 1. The Balaban J connectivity index is 1.40. The zero-order valence-electron chi connectivity index (χ0n) is 23.2. The molecule has 0 spiro atoms. The molecular formula is C31H32FN9. The van der Waals surface area contributed by atoms with Crippen LogP contribution in [0.4, 0.5) is 4.39 Å². The molecule has 0 bridgehead atoms. The van der Waals surface area contributed by atoms with Crippen LogP contribution in [0.3, 0.4) is 0 Å². The van der Waals surface area contributed by atoms with E-state index in [1.165, 1.54) is 12.1 Å². The number of nitrogens with zero attached hydrogens (tertiary/aromatic N) is 5. The Kier molecular flexibility index (Phi) is 7.27. The Morgan fingerprint density at radius 2 is 1.76 bits per heavy atom. The normalized spacial score (nSPS) is 12.5.